The molecule has 0 spiro atoms. The molecule has 3 rings (SSSR count). The van der Waals surface area contributed by atoms with Crippen molar-refractivity contribution in [2.75, 3.05) is 57.4 Å². The van der Waals surface area contributed by atoms with Gasteiger partial charge in [-0.3, -0.25) is 9.59 Å². The van der Waals surface area contributed by atoms with E-state index < -0.39 is 11.7 Å². The van der Waals surface area contributed by atoms with E-state index in [1.807, 2.05) is 4.90 Å². The molecule has 0 aromatic carbocycles. The van der Waals surface area contributed by atoms with Crippen molar-refractivity contribution >= 4 is 18.3 Å². The van der Waals surface area contributed by atoms with E-state index in [9.17, 15) is 14.0 Å². The average Bonchev–Trinajstić information content (AvgIpc) is 2.62. The molecule has 1 aromatic rings. The molecule has 3 heterocycles. The van der Waals surface area contributed by atoms with E-state index >= 15 is 0 Å². The third-order valence-electron chi connectivity index (χ3n) is 3.98. The second-order valence-electron chi connectivity index (χ2n) is 5.40. The summed E-state index contributed by atoms with van der Waals surface area (Å²) in [6.45, 7) is 3.95. The van der Waals surface area contributed by atoms with E-state index in [-0.39, 0.29) is 5.69 Å². The zero-order valence-corrected chi connectivity index (χ0v) is 12.7. The molecule has 0 atom stereocenters. The lowest BCUT2D eigenvalue weighted by Gasteiger charge is -2.32. The largest absolute Gasteiger partial charge is 0.378 e. The number of carbonyl (C=O) groups excluding carboxylic acids is 2. The molecular weight excluding hydrogens is 305 g/mol. The van der Waals surface area contributed by atoms with Crippen LogP contribution in [0.2, 0.25) is 0 Å². The molecule has 2 aliphatic rings. The zero-order valence-electron chi connectivity index (χ0n) is 12.7. The number of morpholine rings is 1. The van der Waals surface area contributed by atoms with Gasteiger partial charge >= 0.3 is 0 Å². The van der Waals surface area contributed by atoms with Crippen LogP contribution in [0.4, 0.5) is 10.3 Å². The van der Waals surface area contributed by atoms with Gasteiger partial charge in [0.25, 0.3) is 5.91 Å². The van der Waals surface area contributed by atoms with E-state index in [2.05, 4.69) is 9.97 Å². The highest BCUT2D eigenvalue weighted by Gasteiger charge is 2.25. The Kier molecular flexibility index (Phi) is 4.65. The van der Waals surface area contributed by atoms with Crippen LogP contribution in [0.15, 0.2) is 6.20 Å². The predicted octanol–water partition coefficient (Wildman–Crippen LogP) is -0.633. The second kappa shape index (κ2) is 6.86. The Hall–Kier alpha value is -2.29. The molecule has 1 aromatic heterocycles. The summed E-state index contributed by atoms with van der Waals surface area (Å²) < 4.78 is 19.2. The number of amides is 2. The van der Waals surface area contributed by atoms with Gasteiger partial charge in [0.1, 0.15) is 0 Å². The summed E-state index contributed by atoms with van der Waals surface area (Å²) in [6.07, 6.45) is 1.83. The predicted molar refractivity (Wildman–Crippen MR) is 78.6 cm³/mol. The first-order valence-corrected chi connectivity index (χ1v) is 7.53. The van der Waals surface area contributed by atoms with Crippen LogP contribution in [-0.2, 0) is 9.53 Å². The first-order chi connectivity index (χ1) is 11.2. The van der Waals surface area contributed by atoms with Gasteiger partial charge in [0.05, 0.1) is 19.4 Å². The summed E-state index contributed by atoms with van der Waals surface area (Å²) in [7, 11) is 0. The quantitative estimate of drug-likeness (QED) is 0.689. The first-order valence-electron chi connectivity index (χ1n) is 7.53. The van der Waals surface area contributed by atoms with Crippen molar-refractivity contribution in [2.45, 2.75) is 0 Å². The van der Waals surface area contributed by atoms with Crippen molar-refractivity contribution < 1.29 is 18.7 Å². The minimum Gasteiger partial charge on any atom is -0.378 e. The molecule has 0 radical (unpaired) electrons. The minimum atomic E-state index is -0.725. The Labute approximate surface area is 132 Å². The molecule has 0 saturated carbocycles. The van der Waals surface area contributed by atoms with Crippen molar-refractivity contribution in [1.29, 1.82) is 0 Å². The average molecular weight is 323 g/mol. The second-order valence-corrected chi connectivity index (χ2v) is 5.40. The smallest absolute Gasteiger partial charge is 0.275 e. The highest BCUT2D eigenvalue weighted by atomic mass is 19.1. The monoisotopic (exact) mass is 323 g/mol. The molecule has 2 aliphatic heterocycles. The van der Waals surface area contributed by atoms with Gasteiger partial charge in [-0.25, -0.2) is 14.4 Å². The topological polar surface area (TPSA) is 78.9 Å². The lowest BCUT2D eigenvalue weighted by atomic mass is 10.3. The molecular formula is C14H18FN5O3. The molecule has 124 valence electrons. The third kappa shape index (κ3) is 3.39. The molecule has 0 unspecified atom stereocenters. The SMILES string of the molecule is O=CN1CCN(c2ncc(F)c(C(=O)N3CCOCC3)n2)CC1. The molecule has 9 heteroatoms. The molecule has 2 saturated heterocycles. The fraction of sp³-hybridized carbons (Fsp3) is 0.571. The van der Waals surface area contributed by atoms with Gasteiger partial charge in [-0.1, -0.05) is 0 Å². The van der Waals surface area contributed by atoms with Gasteiger partial charge < -0.3 is 19.4 Å². The van der Waals surface area contributed by atoms with Gasteiger partial charge in [-0.15, -0.1) is 0 Å². The molecule has 2 amide bonds. The van der Waals surface area contributed by atoms with Crippen LogP contribution in [0.3, 0.4) is 0 Å². The van der Waals surface area contributed by atoms with Gasteiger partial charge in [0.15, 0.2) is 11.5 Å². The summed E-state index contributed by atoms with van der Waals surface area (Å²) in [6, 6.07) is 0. The zero-order chi connectivity index (χ0) is 16.2. The van der Waals surface area contributed by atoms with Crippen LogP contribution in [0, 0.1) is 5.82 Å². The minimum absolute atomic E-state index is 0.213. The Morgan fingerprint density at radius 1 is 1.17 bits per heavy atom. The number of nitrogens with zero attached hydrogens (tertiary/aromatic N) is 5. The fourth-order valence-electron chi connectivity index (χ4n) is 2.60. The van der Waals surface area contributed by atoms with Gasteiger partial charge in [0.2, 0.25) is 12.4 Å². The van der Waals surface area contributed by atoms with Crippen molar-refractivity contribution in [1.82, 2.24) is 19.8 Å². The lowest BCUT2D eigenvalue weighted by molar-refractivity contribution is -0.118. The summed E-state index contributed by atoms with van der Waals surface area (Å²) in [5, 5.41) is 0. The maximum atomic E-state index is 14.0. The van der Waals surface area contributed by atoms with E-state index in [1.54, 1.807) is 4.90 Å². The van der Waals surface area contributed by atoms with E-state index in [0.717, 1.165) is 12.6 Å². The van der Waals surface area contributed by atoms with Crippen LogP contribution in [0.1, 0.15) is 10.5 Å². The Morgan fingerprint density at radius 2 is 1.87 bits per heavy atom. The molecule has 2 fully saturated rings. The maximum absolute atomic E-state index is 14.0. The lowest BCUT2D eigenvalue weighted by Crippen LogP contribution is -2.46. The van der Waals surface area contributed by atoms with Gasteiger partial charge in [-0.05, 0) is 0 Å². The highest BCUT2D eigenvalue weighted by Crippen LogP contribution is 2.15. The standard InChI is InChI=1S/C14H18FN5O3/c15-11-9-16-14(20-3-1-18(10-21)2-4-20)17-12(11)13(22)19-5-7-23-8-6-19/h9-10H,1-8H2. The number of hydrogen-bond donors (Lipinski definition) is 0. The van der Waals surface area contributed by atoms with Crippen LogP contribution in [0.25, 0.3) is 0 Å². The van der Waals surface area contributed by atoms with Crippen molar-refractivity contribution in [3.8, 4) is 0 Å². The number of carbonyl (C=O) groups is 2. The first kappa shape index (κ1) is 15.6. The number of ether oxygens (including phenoxy) is 1. The van der Waals surface area contributed by atoms with Crippen LogP contribution < -0.4 is 4.90 Å². The number of aromatic nitrogens is 2. The van der Waals surface area contributed by atoms with Gasteiger partial charge in [0, 0.05) is 39.3 Å². The molecule has 0 N–H and O–H groups in total. The summed E-state index contributed by atoms with van der Waals surface area (Å²) >= 11 is 0. The number of halogens is 1. The molecule has 0 aliphatic carbocycles. The molecule has 23 heavy (non-hydrogen) atoms. The third-order valence-corrected chi connectivity index (χ3v) is 3.98. The van der Waals surface area contributed by atoms with E-state index in [1.165, 1.54) is 4.90 Å². The fourth-order valence-corrected chi connectivity index (χ4v) is 2.60. The number of anilines is 1. The highest BCUT2D eigenvalue weighted by molar-refractivity contribution is 5.92. The van der Waals surface area contributed by atoms with Crippen LogP contribution >= 0.6 is 0 Å². The number of rotatable bonds is 3. The summed E-state index contributed by atoms with van der Waals surface area (Å²) in [5.74, 6) is -0.855. The van der Waals surface area contributed by atoms with Crippen LogP contribution in [0.5, 0.6) is 0 Å². The van der Waals surface area contributed by atoms with Crippen molar-refractivity contribution in [3.63, 3.8) is 0 Å². The van der Waals surface area contributed by atoms with Crippen molar-refractivity contribution in [3.05, 3.63) is 17.7 Å². The van der Waals surface area contributed by atoms with E-state index in [4.69, 9.17) is 4.74 Å². The normalized spacial score (nSPS) is 18.9. The maximum Gasteiger partial charge on any atom is 0.275 e. The Morgan fingerprint density at radius 3 is 2.52 bits per heavy atom. The Bertz CT molecular complexity index is 586. The molecule has 8 nitrogen and oxygen atoms in total. The van der Waals surface area contributed by atoms with Gasteiger partial charge in [-0.2, -0.15) is 0 Å². The Balaban J connectivity index is 1.76. The summed E-state index contributed by atoms with van der Waals surface area (Å²) in [5.41, 5.74) is -0.213. The van der Waals surface area contributed by atoms with E-state index in [0.29, 0.717) is 58.4 Å². The summed E-state index contributed by atoms with van der Waals surface area (Å²) in [4.78, 5) is 36.3. The number of piperazine rings is 1. The number of hydrogen-bond acceptors (Lipinski definition) is 6. The van der Waals surface area contributed by atoms with Crippen molar-refractivity contribution in [2.24, 2.45) is 0 Å². The molecule has 0 bridgehead atoms. The van der Waals surface area contributed by atoms with Crippen LogP contribution in [-0.4, -0.2) is 84.6 Å².